The highest BCUT2D eigenvalue weighted by molar-refractivity contribution is 5.80. The van der Waals surface area contributed by atoms with Crippen molar-refractivity contribution >= 4 is 5.91 Å². The molecule has 1 aliphatic heterocycles. The molecule has 1 rings (SSSR count). The standard InChI is InChI=1S/C12H22N2O2/c1-3-4-8-16-10(2)12(15)14-7-5-6-11(13)9-14/h3,10-11H,1,4-9,13H2,2H3. The number of ether oxygens (including phenoxy) is 1. The number of amides is 1. The van der Waals surface area contributed by atoms with E-state index >= 15 is 0 Å². The molecule has 0 aliphatic carbocycles. The van der Waals surface area contributed by atoms with E-state index in [1.54, 1.807) is 13.0 Å². The van der Waals surface area contributed by atoms with Crippen LogP contribution < -0.4 is 5.73 Å². The van der Waals surface area contributed by atoms with Crippen LogP contribution >= 0.6 is 0 Å². The van der Waals surface area contributed by atoms with Gasteiger partial charge >= 0.3 is 0 Å². The summed E-state index contributed by atoms with van der Waals surface area (Å²) in [4.78, 5) is 13.8. The van der Waals surface area contributed by atoms with Crippen molar-refractivity contribution in [2.24, 2.45) is 5.73 Å². The van der Waals surface area contributed by atoms with Crippen molar-refractivity contribution < 1.29 is 9.53 Å². The van der Waals surface area contributed by atoms with Gasteiger partial charge < -0.3 is 15.4 Å². The van der Waals surface area contributed by atoms with E-state index in [4.69, 9.17) is 10.5 Å². The second-order valence-corrected chi connectivity index (χ2v) is 4.28. The molecule has 4 nitrogen and oxygen atoms in total. The van der Waals surface area contributed by atoms with Gasteiger partial charge in [-0.25, -0.2) is 0 Å². The van der Waals surface area contributed by atoms with Crippen LogP contribution in [-0.4, -0.2) is 42.6 Å². The number of nitrogens with zero attached hydrogens (tertiary/aromatic N) is 1. The van der Waals surface area contributed by atoms with Crippen LogP contribution in [-0.2, 0) is 9.53 Å². The maximum Gasteiger partial charge on any atom is 0.251 e. The number of carbonyl (C=O) groups is 1. The molecule has 1 aliphatic rings. The summed E-state index contributed by atoms with van der Waals surface area (Å²) in [5, 5.41) is 0. The van der Waals surface area contributed by atoms with Crippen molar-refractivity contribution in [3.05, 3.63) is 12.7 Å². The van der Waals surface area contributed by atoms with Gasteiger partial charge in [0, 0.05) is 19.1 Å². The third-order valence-corrected chi connectivity index (χ3v) is 2.81. The lowest BCUT2D eigenvalue weighted by atomic mass is 10.1. The molecule has 92 valence electrons. The predicted molar refractivity (Wildman–Crippen MR) is 64.0 cm³/mol. The first-order chi connectivity index (χ1) is 7.65. The minimum Gasteiger partial charge on any atom is -0.368 e. The van der Waals surface area contributed by atoms with Crippen molar-refractivity contribution in [1.29, 1.82) is 0 Å². The molecule has 16 heavy (non-hydrogen) atoms. The lowest BCUT2D eigenvalue weighted by Crippen LogP contribution is -2.49. The Hall–Kier alpha value is -0.870. The summed E-state index contributed by atoms with van der Waals surface area (Å²) < 4.78 is 5.43. The first-order valence-corrected chi connectivity index (χ1v) is 5.92. The average molecular weight is 226 g/mol. The average Bonchev–Trinajstić information content (AvgIpc) is 2.28. The normalized spacial score (nSPS) is 22.9. The van der Waals surface area contributed by atoms with Gasteiger partial charge in [-0.05, 0) is 26.2 Å². The van der Waals surface area contributed by atoms with Crippen molar-refractivity contribution in [2.45, 2.75) is 38.3 Å². The number of rotatable bonds is 5. The van der Waals surface area contributed by atoms with Gasteiger partial charge in [-0.15, -0.1) is 6.58 Å². The van der Waals surface area contributed by atoms with E-state index in [0.29, 0.717) is 13.2 Å². The van der Waals surface area contributed by atoms with Crippen LogP contribution in [0.15, 0.2) is 12.7 Å². The summed E-state index contributed by atoms with van der Waals surface area (Å²) >= 11 is 0. The SMILES string of the molecule is C=CCCOC(C)C(=O)N1CCCC(N)C1. The van der Waals surface area contributed by atoms with Gasteiger partial charge in [0.2, 0.25) is 0 Å². The highest BCUT2D eigenvalue weighted by Gasteiger charge is 2.25. The highest BCUT2D eigenvalue weighted by Crippen LogP contribution is 2.10. The van der Waals surface area contributed by atoms with Crippen LogP contribution in [0.25, 0.3) is 0 Å². The van der Waals surface area contributed by atoms with Gasteiger partial charge in [0.25, 0.3) is 5.91 Å². The lowest BCUT2D eigenvalue weighted by Gasteiger charge is -2.32. The van der Waals surface area contributed by atoms with E-state index in [1.807, 2.05) is 4.90 Å². The minimum absolute atomic E-state index is 0.0548. The second-order valence-electron chi connectivity index (χ2n) is 4.28. The molecule has 0 aromatic carbocycles. The molecule has 0 radical (unpaired) electrons. The number of nitrogens with two attached hydrogens (primary N) is 1. The van der Waals surface area contributed by atoms with Gasteiger partial charge in [-0.3, -0.25) is 4.79 Å². The Morgan fingerprint density at radius 1 is 1.75 bits per heavy atom. The third-order valence-electron chi connectivity index (χ3n) is 2.81. The highest BCUT2D eigenvalue weighted by atomic mass is 16.5. The summed E-state index contributed by atoms with van der Waals surface area (Å²) in [5.41, 5.74) is 5.84. The van der Waals surface area contributed by atoms with E-state index in [0.717, 1.165) is 25.8 Å². The molecule has 1 fully saturated rings. The van der Waals surface area contributed by atoms with Gasteiger partial charge in [0.05, 0.1) is 6.61 Å². The summed E-state index contributed by atoms with van der Waals surface area (Å²) in [6, 6.07) is 0.123. The van der Waals surface area contributed by atoms with E-state index < -0.39 is 0 Å². The van der Waals surface area contributed by atoms with Crippen molar-refractivity contribution in [3.8, 4) is 0 Å². The van der Waals surface area contributed by atoms with Gasteiger partial charge in [0.15, 0.2) is 0 Å². The van der Waals surface area contributed by atoms with Crippen molar-refractivity contribution in [1.82, 2.24) is 4.90 Å². The molecule has 2 N–H and O–H groups in total. The quantitative estimate of drug-likeness (QED) is 0.560. The number of hydrogen-bond donors (Lipinski definition) is 1. The lowest BCUT2D eigenvalue weighted by molar-refractivity contribution is -0.143. The minimum atomic E-state index is -0.370. The maximum absolute atomic E-state index is 12.0. The van der Waals surface area contributed by atoms with Crippen molar-refractivity contribution in [3.63, 3.8) is 0 Å². The van der Waals surface area contributed by atoms with Gasteiger partial charge in [-0.1, -0.05) is 6.08 Å². The number of piperidine rings is 1. The predicted octanol–water partition coefficient (Wildman–Crippen LogP) is 0.917. The fourth-order valence-electron chi connectivity index (χ4n) is 1.87. The molecule has 2 atom stereocenters. The molecule has 4 heteroatoms. The largest absolute Gasteiger partial charge is 0.368 e. The van der Waals surface area contributed by atoms with E-state index in [9.17, 15) is 4.79 Å². The van der Waals surface area contributed by atoms with Crippen LogP contribution in [0.1, 0.15) is 26.2 Å². The van der Waals surface area contributed by atoms with E-state index in [1.165, 1.54) is 0 Å². The molecule has 0 aromatic rings. The Kier molecular flexibility index (Phi) is 5.49. The smallest absolute Gasteiger partial charge is 0.251 e. The van der Waals surface area contributed by atoms with Gasteiger partial charge in [0.1, 0.15) is 6.10 Å². The summed E-state index contributed by atoms with van der Waals surface area (Å²) in [6.45, 7) is 7.43. The first kappa shape index (κ1) is 13.2. The fourth-order valence-corrected chi connectivity index (χ4v) is 1.87. The Morgan fingerprint density at radius 3 is 3.12 bits per heavy atom. The molecule has 0 bridgehead atoms. The zero-order valence-electron chi connectivity index (χ0n) is 10.0. The van der Waals surface area contributed by atoms with Crippen LogP contribution in [0.4, 0.5) is 0 Å². The molecule has 0 aromatic heterocycles. The zero-order chi connectivity index (χ0) is 12.0. The van der Waals surface area contributed by atoms with Crippen LogP contribution in [0.2, 0.25) is 0 Å². The Labute approximate surface area is 97.4 Å². The van der Waals surface area contributed by atoms with E-state index in [2.05, 4.69) is 6.58 Å². The molecule has 0 saturated carbocycles. The van der Waals surface area contributed by atoms with Crippen LogP contribution in [0.3, 0.4) is 0 Å². The van der Waals surface area contributed by atoms with Crippen molar-refractivity contribution in [2.75, 3.05) is 19.7 Å². The molecule has 1 saturated heterocycles. The Balaban J connectivity index is 2.34. The summed E-state index contributed by atoms with van der Waals surface area (Å²) in [6.07, 6.45) is 4.19. The van der Waals surface area contributed by atoms with Crippen LogP contribution in [0.5, 0.6) is 0 Å². The Morgan fingerprint density at radius 2 is 2.50 bits per heavy atom. The van der Waals surface area contributed by atoms with Crippen LogP contribution in [0, 0.1) is 0 Å². The number of likely N-dealkylation sites (tertiary alicyclic amines) is 1. The number of carbonyl (C=O) groups excluding carboxylic acids is 1. The topological polar surface area (TPSA) is 55.6 Å². The molecular weight excluding hydrogens is 204 g/mol. The maximum atomic E-state index is 12.0. The monoisotopic (exact) mass is 226 g/mol. The second kappa shape index (κ2) is 6.66. The van der Waals surface area contributed by atoms with Gasteiger partial charge in [-0.2, -0.15) is 0 Å². The molecule has 1 heterocycles. The molecular formula is C12H22N2O2. The zero-order valence-corrected chi connectivity index (χ0v) is 10.0. The summed E-state index contributed by atoms with van der Waals surface area (Å²) in [7, 11) is 0. The molecule has 0 spiro atoms. The first-order valence-electron chi connectivity index (χ1n) is 5.92. The number of hydrogen-bond acceptors (Lipinski definition) is 3. The van der Waals surface area contributed by atoms with E-state index in [-0.39, 0.29) is 18.1 Å². The summed E-state index contributed by atoms with van der Waals surface area (Å²) in [5.74, 6) is 0.0548. The molecule has 2 unspecified atom stereocenters. The third kappa shape index (κ3) is 3.94. The molecule has 1 amide bonds. The fraction of sp³-hybridized carbons (Fsp3) is 0.750. The Bertz CT molecular complexity index is 243.